The molecule has 0 bridgehead atoms. The number of benzene rings is 1. The molecule has 0 amide bonds. The highest BCUT2D eigenvalue weighted by Gasteiger charge is 2.00. The van der Waals surface area contributed by atoms with Gasteiger partial charge in [-0.2, -0.15) is 5.10 Å². The predicted octanol–water partition coefficient (Wildman–Crippen LogP) is 2.73. The number of nitrogens with one attached hydrogen (secondary N) is 2. The summed E-state index contributed by atoms with van der Waals surface area (Å²) >= 11 is 0. The maximum absolute atomic E-state index is 5.45. The van der Waals surface area contributed by atoms with E-state index in [4.69, 9.17) is 4.74 Å². The quantitative estimate of drug-likeness (QED) is 0.831. The molecule has 0 aliphatic rings. The Labute approximate surface area is 101 Å². The lowest BCUT2D eigenvalue weighted by molar-refractivity contribution is 0.340. The second-order valence-corrected chi connectivity index (χ2v) is 3.83. The number of hydrogen-bond donors (Lipinski definition) is 2. The fourth-order valence-corrected chi connectivity index (χ4v) is 1.61. The molecule has 2 rings (SSSR count). The van der Waals surface area contributed by atoms with Crippen LogP contribution in [0, 0.1) is 6.92 Å². The molecule has 17 heavy (non-hydrogen) atoms. The number of rotatable bonds is 5. The van der Waals surface area contributed by atoms with E-state index in [-0.39, 0.29) is 0 Å². The minimum Gasteiger partial charge on any atom is -0.494 e. The zero-order valence-corrected chi connectivity index (χ0v) is 10.2. The largest absolute Gasteiger partial charge is 0.494 e. The SMILES string of the molecule is CCOc1cccc(NCc2cn[nH]c2C)c1. The van der Waals surface area contributed by atoms with Crippen molar-refractivity contribution in [3.05, 3.63) is 41.7 Å². The second-order valence-electron chi connectivity index (χ2n) is 3.83. The number of anilines is 1. The van der Waals surface area contributed by atoms with Crippen LogP contribution >= 0.6 is 0 Å². The van der Waals surface area contributed by atoms with Crippen LogP contribution in [-0.2, 0) is 6.54 Å². The van der Waals surface area contributed by atoms with Gasteiger partial charge in [-0.05, 0) is 26.0 Å². The van der Waals surface area contributed by atoms with Crippen LogP contribution in [0.2, 0.25) is 0 Å². The van der Waals surface area contributed by atoms with Crippen molar-refractivity contribution in [3.8, 4) is 5.75 Å². The highest BCUT2D eigenvalue weighted by molar-refractivity contribution is 5.48. The van der Waals surface area contributed by atoms with Crippen molar-refractivity contribution < 1.29 is 4.74 Å². The zero-order valence-electron chi connectivity index (χ0n) is 10.2. The highest BCUT2D eigenvalue weighted by atomic mass is 16.5. The van der Waals surface area contributed by atoms with Crippen LogP contribution in [0.15, 0.2) is 30.5 Å². The number of hydrogen-bond acceptors (Lipinski definition) is 3. The van der Waals surface area contributed by atoms with Gasteiger partial charge in [0, 0.05) is 29.6 Å². The van der Waals surface area contributed by atoms with Crippen molar-refractivity contribution in [2.75, 3.05) is 11.9 Å². The maximum atomic E-state index is 5.45. The first-order chi connectivity index (χ1) is 8.29. The lowest BCUT2D eigenvalue weighted by Gasteiger charge is -2.08. The third kappa shape index (κ3) is 3.00. The molecule has 0 unspecified atom stereocenters. The Morgan fingerprint density at radius 2 is 2.29 bits per heavy atom. The van der Waals surface area contributed by atoms with Crippen LogP contribution in [-0.4, -0.2) is 16.8 Å². The van der Waals surface area contributed by atoms with E-state index >= 15 is 0 Å². The summed E-state index contributed by atoms with van der Waals surface area (Å²) in [5.74, 6) is 0.890. The molecular formula is C13H17N3O. The summed E-state index contributed by atoms with van der Waals surface area (Å²) in [4.78, 5) is 0. The third-order valence-electron chi connectivity index (χ3n) is 2.56. The van der Waals surface area contributed by atoms with Gasteiger partial charge in [0.25, 0.3) is 0 Å². The Hall–Kier alpha value is -1.97. The molecule has 0 spiro atoms. The van der Waals surface area contributed by atoms with Crippen molar-refractivity contribution in [1.82, 2.24) is 10.2 Å². The summed E-state index contributed by atoms with van der Waals surface area (Å²) in [5.41, 5.74) is 3.32. The van der Waals surface area contributed by atoms with Crippen LogP contribution < -0.4 is 10.1 Å². The number of aromatic amines is 1. The summed E-state index contributed by atoms with van der Waals surface area (Å²) in [6.45, 7) is 5.44. The molecule has 90 valence electrons. The topological polar surface area (TPSA) is 49.9 Å². The third-order valence-corrected chi connectivity index (χ3v) is 2.56. The van der Waals surface area contributed by atoms with Gasteiger partial charge in [-0.1, -0.05) is 6.07 Å². The molecule has 0 saturated carbocycles. The van der Waals surface area contributed by atoms with E-state index in [1.165, 1.54) is 5.56 Å². The molecule has 4 heteroatoms. The van der Waals surface area contributed by atoms with Crippen LogP contribution in [0.4, 0.5) is 5.69 Å². The van der Waals surface area contributed by atoms with E-state index in [0.29, 0.717) is 6.61 Å². The van der Waals surface area contributed by atoms with Gasteiger partial charge in [0.15, 0.2) is 0 Å². The standard InChI is InChI=1S/C13H17N3O/c1-3-17-13-6-4-5-12(7-13)14-8-11-9-15-16-10(11)2/h4-7,9,14H,3,8H2,1-2H3,(H,15,16). The normalized spacial score (nSPS) is 10.2. The lowest BCUT2D eigenvalue weighted by Crippen LogP contribution is -2.00. The fourth-order valence-electron chi connectivity index (χ4n) is 1.61. The Morgan fingerprint density at radius 1 is 1.41 bits per heavy atom. The Balaban J connectivity index is 1.99. The number of nitrogens with zero attached hydrogens (tertiary/aromatic N) is 1. The molecule has 4 nitrogen and oxygen atoms in total. The van der Waals surface area contributed by atoms with Crippen molar-refractivity contribution >= 4 is 5.69 Å². The molecule has 0 aliphatic heterocycles. The average molecular weight is 231 g/mol. The van der Waals surface area contributed by atoms with E-state index in [1.807, 2.05) is 44.3 Å². The monoisotopic (exact) mass is 231 g/mol. The summed E-state index contributed by atoms with van der Waals surface area (Å²) in [7, 11) is 0. The molecule has 0 radical (unpaired) electrons. The molecule has 0 fully saturated rings. The van der Waals surface area contributed by atoms with Gasteiger partial charge in [0.05, 0.1) is 12.8 Å². The van der Waals surface area contributed by atoms with E-state index < -0.39 is 0 Å². The van der Waals surface area contributed by atoms with E-state index in [1.54, 1.807) is 0 Å². The van der Waals surface area contributed by atoms with Gasteiger partial charge >= 0.3 is 0 Å². The van der Waals surface area contributed by atoms with Gasteiger partial charge in [-0.25, -0.2) is 0 Å². The van der Waals surface area contributed by atoms with Gasteiger partial charge in [-0.15, -0.1) is 0 Å². The molecule has 0 saturated heterocycles. The van der Waals surface area contributed by atoms with Gasteiger partial charge in [-0.3, -0.25) is 5.10 Å². The molecular weight excluding hydrogens is 214 g/mol. The van der Waals surface area contributed by atoms with Gasteiger partial charge in [0.2, 0.25) is 0 Å². The predicted molar refractivity (Wildman–Crippen MR) is 68.3 cm³/mol. The minimum absolute atomic E-state index is 0.685. The highest BCUT2D eigenvalue weighted by Crippen LogP contribution is 2.18. The van der Waals surface area contributed by atoms with Gasteiger partial charge < -0.3 is 10.1 Å². The zero-order chi connectivity index (χ0) is 12.1. The van der Waals surface area contributed by atoms with Crippen molar-refractivity contribution in [2.24, 2.45) is 0 Å². The smallest absolute Gasteiger partial charge is 0.121 e. The summed E-state index contributed by atoms with van der Waals surface area (Å²) < 4.78 is 5.45. The molecule has 2 N–H and O–H groups in total. The molecule has 1 aromatic carbocycles. The summed E-state index contributed by atoms with van der Waals surface area (Å²) in [6.07, 6.45) is 1.84. The molecule has 1 aromatic heterocycles. The fraction of sp³-hybridized carbons (Fsp3) is 0.308. The van der Waals surface area contributed by atoms with Crippen LogP contribution in [0.25, 0.3) is 0 Å². The lowest BCUT2D eigenvalue weighted by atomic mass is 10.2. The van der Waals surface area contributed by atoms with E-state index in [0.717, 1.165) is 23.7 Å². The van der Waals surface area contributed by atoms with E-state index in [2.05, 4.69) is 15.5 Å². The van der Waals surface area contributed by atoms with E-state index in [9.17, 15) is 0 Å². The first kappa shape index (κ1) is 11.5. The molecule has 2 aromatic rings. The van der Waals surface area contributed by atoms with Gasteiger partial charge in [0.1, 0.15) is 5.75 Å². The molecule has 0 atom stereocenters. The summed E-state index contributed by atoms with van der Waals surface area (Å²) in [5, 5.41) is 10.3. The molecule has 1 heterocycles. The first-order valence-electron chi connectivity index (χ1n) is 5.75. The number of aromatic nitrogens is 2. The van der Waals surface area contributed by atoms with Crippen LogP contribution in [0.1, 0.15) is 18.2 Å². The number of aryl methyl sites for hydroxylation is 1. The number of ether oxygens (including phenoxy) is 1. The Morgan fingerprint density at radius 3 is 3.00 bits per heavy atom. The first-order valence-corrected chi connectivity index (χ1v) is 5.75. The average Bonchev–Trinajstić information content (AvgIpc) is 2.73. The van der Waals surface area contributed by atoms with Crippen LogP contribution in [0.3, 0.4) is 0 Å². The van der Waals surface area contributed by atoms with Crippen molar-refractivity contribution in [2.45, 2.75) is 20.4 Å². The second kappa shape index (κ2) is 5.39. The molecule has 0 aliphatic carbocycles. The Kier molecular flexibility index (Phi) is 3.65. The van der Waals surface area contributed by atoms with Crippen molar-refractivity contribution in [3.63, 3.8) is 0 Å². The Bertz CT molecular complexity index is 479. The van der Waals surface area contributed by atoms with Crippen LogP contribution in [0.5, 0.6) is 5.75 Å². The minimum atomic E-state index is 0.685. The van der Waals surface area contributed by atoms with Crippen molar-refractivity contribution in [1.29, 1.82) is 0 Å². The summed E-state index contributed by atoms with van der Waals surface area (Å²) in [6, 6.07) is 7.96. The number of H-pyrrole nitrogens is 1. The maximum Gasteiger partial charge on any atom is 0.121 e.